The lowest BCUT2D eigenvalue weighted by molar-refractivity contribution is -0.339. The monoisotopic (exact) mass is 377 g/mol. The van der Waals surface area contributed by atoms with Crippen molar-refractivity contribution in [1.82, 2.24) is 4.90 Å². The summed E-state index contributed by atoms with van der Waals surface area (Å²) in [6.07, 6.45) is 0.386. The summed E-state index contributed by atoms with van der Waals surface area (Å²) in [6.45, 7) is 0.820. The van der Waals surface area contributed by atoms with Crippen LogP contribution in [0.25, 0.3) is 0 Å². The van der Waals surface area contributed by atoms with Crippen LogP contribution < -0.4 is 4.74 Å². The minimum atomic E-state index is -1.12. The molecule has 0 aromatic heterocycles. The van der Waals surface area contributed by atoms with Crippen LogP contribution in [0.2, 0.25) is 0 Å². The second-order valence-corrected chi connectivity index (χ2v) is 8.30. The number of likely N-dealkylation sites (tertiary alicyclic amines) is 1. The number of phenols is 1. The number of hydrogen-bond donors (Lipinski definition) is 2. The summed E-state index contributed by atoms with van der Waals surface area (Å²) in [5, 5.41) is 22.2. The van der Waals surface area contributed by atoms with Gasteiger partial charge in [0.25, 0.3) is 0 Å². The molecule has 1 aromatic carbocycles. The summed E-state index contributed by atoms with van der Waals surface area (Å²) in [4.78, 5) is 2.29. The topological polar surface area (TPSA) is 80.6 Å². The first kappa shape index (κ1) is 17.7. The average Bonchev–Trinajstić information content (AvgIpc) is 3.15. The minimum Gasteiger partial charge on any atom is -0.504 e. The fraction of sp³-hybridized carbons (Fsp3) is 0.700. The molecule has 7 heteroatoms. The van der Waals surface area contributed by atoms with Crippen molar-refractivity contribution in [2.24, 2.45) is 0 Å². The van der Waals surface area contributed by atoms with Crippen LogP contribution in [0.4, 0.5) is 0 Å². The van der Waals surface area contributed by atoms with Crippen molar-refractivity contribution in [3.05, 3.63) is 23.3 Å². The van der Waals surface area contributed by atoms with E-state index in [4.69, 9.17) is 18.9 Å². The lowest BCUT2D eigenvalue weighted by Gasteiger charge is -2.61. The lowest BCUT2D eigenvalue weighted by atomic mass is 9.50. The molecule has 1 aromatic rings. The van der Waals surface area contributed by atoms with Gasteiger partial charge in [-0.15, -0.1) is 0 Å². The van der Waals surface area contributed by atoms with Crippen molar-refractivity contribution in [2.45, 2.75) is 54.3 Å². The minimum absolute atomic E-state index is 0.151. The van der Waals surface area contributed by atoms with E-state index >= 15 is 0 Å². The van der Waals surface area contributed by atoms with Crippen molar-refractivity contribution in [2.75, 3.05) is 34.9 Å². The zero-order valence-corrected chi connectivity index (χ0v) is 16.2. The zero-order valence-electron chi connectivity index (χ0n) is 16.2. The molecule has 0 amide bonds. The van der Waals surface area contributed by atoms with Crippen LogP contribution >= 0.6 is 0 Å². The van der Waals surface area contributed by atoms with E-state index in [0.29, 0.717) is 12.2 Å². The number of rotatable bonds is 3. The summed E-state index contributed by atoms with van der Waals surface area (Å²) >= 11 is 0. The molecule has 148 valence electrons. The van der Waals surface area contributed by atoms with E-state index in [0.717, 1.165) is 30.5 Å². The average molecular weight is 377 g/mol. The van der Waals surface area contributed by atoms with E-state index in [9.17, 15) is 10.2 Å². The number of benzene rings is 1. The Morgan fingerprint density at radius 2 is 2.00 bits per heavy atom. The third-order valence-electron chi connectivity index (χ3n) is 7.75. The predicted molar refractivity (Wildman–Crippen MR) is 95.9 cm³/mol. The Balaban J connectivity index is 1.87. The number of hydrogen-bond acceptors (Lipinski definition) is 7. The Labute approximate surface area is 158 Å². The van der Waals surface area contributed by atoms with Gasteiger partial charge in [-0.2, -0.15) is 0 Å². The van der Waals surface area contributed by atoms with E-state index in [1.165, 1.54) is 0 Å². The summed E-state index contributed by atoms with van der Waals surface area (Å²) in [5.74, 6) is -0.521. The first-order valence-corrected chi connectivity index (χ1v) is 9.48. The quantitative estimate of drug-likeness (QED) is 0.822. The maximum Gasteiger partial charge on any atom is 0.217 e. The van der Waals surface area contributed by atoms with Gasteiger partial charge in [0.1, 0.15) is 6.10 Å². The van der Waals surface area contributed by atoms with Gasteiger partial charge in [-0.1, -0.05) is 6.07 Å². The second kappa shape index (κ2) is 5.36. The molecule has 3 fully saturated rings. The lowest BCUT2D eigenvalue weighted by Crippen LogP contribution is -2.77. The van der Waals surface area contributed by atoms with Gasteiger partial charge in [-0.3, -0.25) is 4.90 Å². The molecule has 1 saturated carbocycles. The number of nitrogens with zero attached hydrogens (tertiary/aromatic N) is 1. The fourth-order valence-corrected chi connectivity index (χ4v) is 6.90. The molecule has 5 rings (SSSR count). The van der Waals surface area contributed by atoms with Gasteiger partial charge in [0.2, 0.25) is 5.79 Å². The normalized spacial score (nSPS) is 44.9. The smallest absolute Gasteiger partial charge is 0.217 e. The number of fused-ring (bicyclic) bond motifs is 3. The fourth-order valence-electron chi connectivity index (χ4n) is 6.90. The van der Waals surface area contributed by atoms with E-state index in [1.807, 2.05) is 6.07 Å². The number of likely N-dealkylation sites (N-methyl/N-ethyl adjacent to an activating group) is 1. The molecule has 2 N–H and O–H groups in total. The molecular formula is C20H27NO6. The number of phenolic OH excluding ortho intramolecular Hbond substituents is 1. The Hall–Kier alpha value is -1.38. The SMILES string of the molecule is COc1ccc2c(c1O)[C@@]13CCN(C)[C@@]14C[C@@H]2O[C@]4(OC)[C@@H](OC)[C@@H](O)C3. The van der Waals surface area contributed by atoms with Crippen molar-refractivity contribution in [3.8, 4) is 11.5 Å². The molecule has 0 radical (unpaired) electrons. The van der Waals surface area contributed by atoms with Crippen molar-refractivity contribution >= 4 is 0 Å². The molecule has 0 unspecified atom stereocenters. The largest absolute Gasteiger partial charge is 0.504 e. The first-order chi connectivity index (χ1) is 12.9. The molecule has 2 saturated heterocycles. The Kier molecular flexibility index (Phi) is 3.51. The standard InChI is InChI=1S/C20H27NO6/c1-21-8-7-18-9-12(22)17(25-3)20(26-4)19(18,21)10-14(27-20)11-5-6-13(24-2)16(23)15(11)18/h5-6,12,14,17,22-23H,7-10H2,1-4H3/t12-,14-,17-,18-,19-,20+/m0/s1. The summed E-state index contributed by atoms with van der Waals surface area (Å²) in [5.41, 5.74) is 0.764. The molecule has 27 heavy (non-hydrogen) atoms. The van der Waals surface area contributed by atoms with Crippen LogP contribution in [0.5, 0.6) is 11.5 Å². The van der Waals surface area contributed by atoms with Gasteiger partial charge in [0.15, 0.2) is 11.5 Å². The van der Waals surface area contributed by atoms with E-state index in [2.05, 4.69) is 11.9 Å². The summed E-state index contributed by atoms with van der Waals surface area (Å²) in [6, 6.07) is 3.76. The van der Waals surface area contributed by atoms with Crippen LogP contribution in [0.1, 0.15) is 36.5 Å². The highest BCUT2D eigenvalue weighted by atomic mass is 16.7. The molecule has 6 atom stereocenters. The second-order valence-electron chi connectivity index (χ2n) is 8.30. The molecule has 2 aliphatic carbocycles. The van der Waals surface area contributed by atoms with E-state index in [1.54, 1.807) is 27.4 Å². The number of aromatic hydroxyl groups is 1. The van der Waals surface area contributed by atoms with Crippen LogP contribution in [-0.4, -0.2) is 73.6 Å². The summed E-state index contributed by atoms with van der Waals surface area (Å²) in [7, 11) is 6.85. The maximum absolute atomic E-state index is 11.1. The Morgan fingerprint density at radius 1 is 1.22 bits per heavy atom. The third-order valence-corrected chi connectivity index (χ3v) is 7.75. The zero-order chi connectivity index (χ0) is 19.2. The molecule has 7 nitrogen and oxygen atoms in total. The highest BCUT2D eigenvalue weighted by Crippen LogP contribution is 2.73. The number of ether oxygens (including phenoxy) is 4. The third kappa shape index (κ3) is 1.64. The molecule has 1 spiro atoms. The van der Waals surface area contributed by atoms with Gasteiger partial charge >= 0.3 is 0 Å². The molecule has 4 aliphatic rings. The number of methoxy groups -OCH3 is 3. The molecule has 2 heterocycles. The van der Waals surface area contributed by atoms with E-state index < -0.39 is 28.9 Å². The van der Waals surface area contributed by atoms with Crippen LogP contribution in [0, 0.1) is 0 Å². The number of aliphatic hydroxyl groups is 1. The van der Waals surface area contributed by atoms with Crippen molar-refractivity contribution < 1.29 is 29.2 Å². The Bertz CT molecular complexity index is 801. The molecule has 2 bridgehead atoms. The van der Waals surface area contributed by atoms with Crippen molar-refractivity contribution in [3.63, 3.8) is 0 Å². The van der Waals surface area contributed by atoms with Gasteiger partial charge in [-0.25, -0.2) is 0 Å². The Morgan fingerprint density at radius 3 is 2.67 bits per heavy atom. The van der Waals surface area contributed by atoms with Gasteiger partial charge in [-0.05, 0) is 38.1 Å². The van der Waals surface area contributed by atoms with Gasteiger partial charge < -0.3 is 29.2 Å². The number of aliphatic hydroxyl groups excluding tert-OH is 1. The van der Waals surface area contributed by atoms with Crippen LogP contribution in [0.3, 0.4) is 0 Å². The van der Waals surface area contributed by atoms with Crippen molar-refractivity contribution in [1.29, 1.82) is 0 Å². The molecular weight excluding hydrogens is 350 g/mol. The summed E-state index contributed by atoms with van der Waals surface area (Å²) < 4.78 is 23.8. The highest BCUT2D eigenvalue weighted by molar-refractivity contribution is 5.61. The van der Waals surface area contributed by atoms with Crippen LogP contribution in [0.15, 0.2) is 12.1 Å². The van der Waals surface area contributed by atoms with Crippen LogP contribution in [-0.2, 0) is 19.6 Å². The highest BCUT2D eigenvalue weighted by Gasteiger charge is 2.82. The maximum atomic E-state index is 11.1. The van der Waals surface area contributed by atoms with Gasteiger partial charge in [0, 0.05) is 31.6 Å². The van der Waals surface area contributed by atoms with Gasteiger partial charge in [0.05, 0.1) is 24.9 Å². The van der Waals surface area contributed by atoms with E-state index in [-0.39, 0.29) is 11.9 Å². The molecule has 2 aliphatic heterocycles. The predicted octanol–water partition coefficient (Wildman–Crippen LogP) is 1.31. The first-order valence-electron chi connectivity index (χ1n) is 9.48.